The van der Waals surface area contributed by atoms with Gasteiger partial charge in [-0.15, -0.1) is 0 Å². The van der Waals surface area contributed by atoms with E-state index in [0.717, 1.165) is 78.5 Å². The molecule has 4 heteroatoms. The summed E-state index contributed by atoms with van der Waals surface area (Å²) in [6, 6.07) is 19.5. The summed E-state index contributed by atoms with van der Waals surface area (Å²) in [5, 5.41) is 20.1. The van der Waals surface area contributed by atoms with Crippen LogP contribution in [0.15, 0.2) is 42.5 Å². The molecular formula is C31H28N2O2. The van der Waals surface area contributed by atoms with Crippen molar-refractivity contribution >= 4 is 5.78 Å². The SMILES string of the molecule is CC(=O)CCCCCOc1ccc2c(c1)CCc1c(C#N)c(C#N)c3c(c1-2)-c1ccccc1CC3. The lowest BCUT2D eigenvalue weighted by molar-refractivity contribution is -0.117. The predicted molar refractivity (Wildman–Crippen MR) is 136 cm³/mol. The van der Waals surface area contributed by atoms with Crippen molar-refractivity contribution in [3.63, 3.8) is 0 Å². The van der Waals surface area contributed by atoms with Crippen LogP contribution in [0.1, 0.15) is 66.0 Å². The van der Waals surface area contributed by atoms with E-state index in [1.165, 1.54) is 16.7 Å². The average Bonchev–Trinajstić information content (AvgIpc) is 2.88. The number of hydrogen-bond donors (Lipinski definition) is 0. The van der Waals surface area contributed by atoms with Crippen molar-refractivity contribution in [3.8, 4) is 40.1 Å². The molecule has 0 saturated heterocycles. The highest BCUT2D eigenvalue weighted by atomic mass is 16.5. The highest BCUT2D eigenvalue weighted by Gasteiger charge is 2.31. The summed E-state index contributed by atoms with van der Waals surface area (Å²) in [7, 11) is 0. The minimum absolute atomic E-state index is 0.243. The van der Waals surface area contributed by atoms with E-state index in [1.807, 2.05) is 6.07 Å². The van der Waals surface area contributed by atoms with E-state index >= 15 is 0 Å². The van der Waals surface area contributed by atoms with Gasteiger partial charge in [0.1, 0.15) is 23.7 Å². The molecule has 0 radical (unpaired) electrons. The van der Waals surface area contributed by atoms with Crippen LogP contribution in [-0.2, 0) is 30.5 Å². The molecule has 35 heavy (non-hydrogen) atoms. The van der Waals surface area contributed by atoms with Crippen molar-refractivity contribution in [2.75, 3.05) is 6.61 Å². The van der Waals surface area contributed by atoms with Crippen LogP contribution in [0, 0.1) is 22.7 Å². The monoisotopic (exact) mass is 460 g/mol. The number of ketones is 1. The highest BCUT2D eigenvalue weighted by molar-refractivity contribution is 5.95. The summed E-state index contributed by atoms with van der Waals surface area (Å²) in [5.74, 6) is 1.11. The summed E-state index contributed by atoms with van der Waals surface area (Å²) in [5.41, 5.74) is 10.3. The van der Waals surface area contributed by atoms with Crippen LogP contribution in [0.25, 0.3) is 22.3 Å². The Balaban J connectivity index is 1.53. The first-order valence-electron chi connectivity index (χ1n) is 12.5. The maximum absolute atomic E-state index is 11.1. The molecule has 0 N–H and O–H groups in total. The fraction of sp³-hybridized carbons (Fsp3) is 0.323. The van der Waals surface area contributed by atoms with Gasteiger partial charge in [-0.05, 0) is 109 Å². The Morgan fingerprint density at radius 2 is 1.49 bits per heavy atom. The Bertz CT molecular complexity index is 1400. The third kappa shape index (κ3) is 4.22. The Labute approximate surface area is 206 Å². The van der Waals surface area contributed by atoms with E-state index in [-0.39, 0.29) is 5.78 Å². The quantitative estimate of drug-likeness (QED) is 0.378. The molecule has 0 aliphatic heterocycles. The van der Waals surface area contributed by atoms with Crippen molar-refractivity contribution in [1.29, 1.82) is 10.5 Å². The summed E-state index contributed by atoms with van der Waals surface area (Å²) >= 11 is 0. The molecule has 0 spiro atoms. The predicted octanol–water partition coefficient (Wildman–Crippen LogP) is 6.49. The van der Waals surface area contributed by atoms with Gasteiger partial charge in [-0.25, -0.2) is 0 Å². The molecule has 0 heterocycles. The molecule has 0 atom stereocenters. The lowest BCUT2D eigenvalue weighted by atomic mass is 9.72. The van der Waals surface area contributed by atoms with Gasteiger partial charge in [-0.3, -0.25) is 0 Å². The van der Waals surface area contributed by atoms with Gasteiger partial charge in [-0.1, -0.05) is 30.3 Å². The number of fused-ring (bicyclic) bond motifs is 7. The second-order valence-corrected chi connectivity index (χ2v) is 9.52. The number of carbonyl (C=O) groups excluding carboxylic acids is 1. The number of rotatable bonds is 7. The highest BCUT2D eigenvalue weighted by Crippen LogP contribution is 2.49. The van der Waals surface area contributed by atoms with Crippen molar-refractivity contribution in [2.24, 2.45) is 0 Å². The lowest BCUT2D eigenvalue weighted by Crippen LogP contribution is -2.15. The van der Waals surface area contributed by atoms with Gasteiger partial charge in [0.05, 0.1) is 17.7 Å². The number of aryl methyl sites for hydroxylation is 2. The minimum Gasteiger partial charge on any atom is -0.494 e. The van der Waals surface area contributed by atoms with Gasteiger partial charge >= 0.3 is 0 Å². The molecule has 0 unspecified atom stereocenters. The molecule has 4 nitrogen and oxygen atoms in total. The van der Waals surface area contributed by atoms with Gasteiger partial charge in [0.25, 0.3) is 0 Å². The summed E-state index contributed by atoms with van der Waals surface area (Å²) in [4.78, 5) is 11.1. The van der Waals surface area contributed by atoms with Crippen LogP contribution < -0.4 is 4.74 Å². The molecule has 2 aliphatic rings. The first-order chi connectivity index (χ1) is 17.1. The van der Waals surface area contributed by atoms with Crippen molar-refractivity contribution < 1.29 is 9.53 Å². The number of nitriles is 2. The van der Waals surface area contributed by atoms with E-state index < -0.39 is 0 Å². The van der Waals surface area contributed by atoms with E-state index in [1.54, 1.807) is 6.92 Å². The van der Waals surface area contributed by atoms with Crippen LogP contribution in [0.3, 0.4) is 0 Å². The van der Waals surface area contributed by atoms with Crippen LogP contribution in [0.4, 0.5) is 0 Å². The largest absolute Gasteiger partial charge is 0.494 e. The molecule has 5 rings (SSSR count). The second-order valence-electron chi connectivity index (χ2n) is 9.52. The number of benzene rings is 3. The molecule has 0 fully saturated rings. The average molecular weight is 461 g/mol. The topological polar surface area (TPSA) is 73.9 Å². The van der Waals surface area contributed by atoms with Gasteiger partial charge < -0.3 is 9.53 Å². The number of Topliss-reactive ketones (excluding diaryl/α,β-unsaturated/α-hetero) is 1. The smallest absolute Gasteiger partial charge is 0.129 e. The molecule has 0 aromatic heterocycles. The lowest BCUT2D eigenvalue weighted by Gasteiger charge is -2.30. The number of carbonyl (C=O) groups is 1. The third-order valence-electron chi connectivity index (χ3n) is 7.29. The fourth-order valence-electron chi connectivity index (χ4n) is 5.65. The summed E-state index contributed by atoms with van der Waals surface area (Å²) in [6.45, 7) is 2.28. The molecule has 174 valence electrons. The van der Waals surface area contributed by atoms with Gasteiger partial charge in [0.2, 0.25) is 0 Å². The molecule has 3 aromatic rings. The van der Waals surface area contributed by atoms with E-state index in [4.69, 9.17) is 4.74 Å². The molecule has 0 saturated carbocycles. The normalized spacial score (nSPS) is 12.9. The Morgan fingerprint density at radius 1 is 0.829 bits per heavy atom. The van der Waals surface area contributed by atoms with E-state index in [0.29, 0.717) is 24.2 Å². The summed E-state index contributed by atoms with van der Waals surface area (Å²) < 4.78 is 6.04. The first-order valence-corrected chi connectivity index (χ1v) is 12.5. The first kappa shape index (κ1) is 22.9. The second kappa shape index (κ2) is 9.77. The van der Waals surface area contributed by atoms with E-state index in [9.17, 15) is 15.3 Å². The van der Waals surface area contributed by atoms with Crippen molar-refractivity contribution in [2.45, 2.75) is 58.3 Å². The van der Waals surface area contributed by atoms with Gasteiger partial charge in [0, 0.05) is 6.42 Å². The Hall–Kier alpha value is -3.89. The van der Waals surface area contributed by atoms with Crippen LogP contribution in [0.2, 0.25) is 0 Å². The molecule has 2 aliphatic carbocycles. The summed E-state index contributed by atoms with van der Waals surface area (Å²) in [6.07, 6.45) is 6.69. The molecule has 3 aromatic carbocycles. The molecule has 0 amide bonds. The fourth-order valence-corrected chi connectivity index (χ4v) is 5.65. The Morgan fingerprint density at radius 3 is 2.17 bits per heavy atom. The van der Waals surface area contributed by atoms with Crippen LogP contribution in [-0.4, -0.2) is 12.4 Å². The van der Waals surface area contributed by atoms with Crippen LogP contribution in [0.5, 0.6) is 5.75 Å². The van der Waals surface area contributed by atoms with Crippen molar-refractivity contribution in [3.05, 3.63) is 75.8 Å². The van der Waals surface area contributed by atoms with E-state index in [2.05, 4.69) is 48.5 Å². The third-order valence-corrected chi connectivity index (χ3v) is 7.29. The van der Waals surface area contributed by atoms with Gasteiger partial charge in [-0.2, -0.15) is 10.5 Å². The molecular weight excluding hydrogens is 432 g/mol. The van der Waals surface area contributed by atoms with Gasteiger partial charge in [0.15, 0.2) is 0 Å². The number of hydrogen-bond acceptors (Lipinski definition) is 4. The Kier molecular flexibility index (Phi) is 6.39. The maximum Gasteiger partial charge on any atom is 0.129 e. The zero-order valence-corrected chi connectivity index (χ0v) is 20.1. The molecule has 0 bridgehead atoms. The number of nitrogens with zero attached hydrogens (tertiary/aromatic N) is 2. The zero-order valence-electron chi connectivity index (χ0n) is 20.1. The number of unbranched alkanes of at least 4 members (excludes halogenated alkanes) is 2. The number of ether oxygens (including phenoxy) is 1. The standard InChI is InChI=1S/C31H28N2O2/c1-20(34)7-3-2-6-16-35-23-12-15-25-22(17-23)11-14-27-29(19-33)28(18-32)26-13-10-21-8-4-5-9-24(21)30(26)31(25)27/h4-5,8-9,12,15,17H,2-3,6-7,10-11,13-14,16H2,1H3. The van der Waals surface area contributed by atoms with Crippen molar-refractivity contribution in [1.82, 2.24) is 0 Å². The zero-order chi connectivity index (χ0) is 24.4. The maximum atomic E-state index is 11.1. The minimum atomic E-state index is 0.243. The van der Waals surface area contributed by atoms with Crippen LogP contribution >= 0.6 is 0 Å².